The van der Waals surface area contributed by atoms with Gasteiger partial charge in [-0.15, -0.1) is 5.10 Å². The molecule has 3 heterocycles. The summed E-state index contributed by atoms with van der Waals surface area (Å²) in [5.74, 6) is 1.10. The SMILES string of the molecule is Fc1ccccc1Cn1cc(Nc2ccc(CC3CCNC3)nn2)cn1. The Balaban J connectivity index is 1.37. The fourth-order valence-corrected chi connectivity index (χ4v) is 3.18. The smallest absolute Gasteiger partial charge is 0.153 e. The van der Waals surface area contributed by atoms with Crippen molar-refractivity contribution >= 4 is 11.5 Å². The molecule has 0 spiro atoms. The summed E-state index contributed by atoms with van der Waals surface area (Å²) in [5.41, 5.74) is 2.41. The molecule has 2 aromatic heterocycles. The highest BCUT2D eigenvalue weighted by molar-refractivity contribution is 5.53. The maximum absolute atomic E-state index is 13.7. The quantitative estimate of drug-likeness (QED) is 0.714. The van der Waals surface area contributed by atoms with Gasteiger partial charge in [0.25, 0.3) is 0 Å². The van der Waals surface area contributed by atoms with Gasteiger partial charge >= 0.3 is 0 Å². The van der Waals surface area contributed by atoms with E-state index in [2.05, 4.69) is 25.9 Å². The van der Waals surface area contributed by atoms with E-state index < -0.39 is 0 Å². The number of aromatic nitrogens is 4. The van der Waals surface area contributed by atoms with Crippen LogP contribution in [0.15, 0.2) is 48.8 Å². The molecule has 1 atom stereocenters. The lowest BCUT2D eigenvalue weighted by atomic mass is 10.0. The summed E-state index contributed by atoms with van der Waals surface area (Å²) in [4.78, 5) is 0. The number of anilines is 2. The zero-order valence-corrected chi connectivity index (χ0v) is 14.4. The largest absolute Gasteiger partial charge is 0.336 e. The summed E-state index contributed by atoms with van der Waals surface area (Å²) >= 11 is 0. The molecule has 2 N–H and O–H groups in total. The summed E-state index contributed by atoms with van der Waals surface area (Å²) in [5, 5.41) is 19.4. The van der Waals surface area contributed by atoms with Crippen LogP contribution in [-0.4, -0.2) is 33.1 Å². The number of nitrogens with one attached hydrogen (secondary N) is 2. The van der Waals surface area contributed by atoms with Gasteiger partial charge in [-0.3, -0.25) is 4.68 Å². The second-order valence-electron chi connectivity index (χ2n) is 6.62. The van der Waals surface area contributed by atoms with E-state index in [1.807, 2.05) is 24.4 Å². The van der Waals surface area contributed by atoms with E-state index in [4.69, 9.17) is 0 Å². The van der Waals surface area contributed by atoms with Gasteiger partial charge in [-0.05, 0) is 50.0 Å². The van der Waals surface area contributed by atoms with E-state index in [1.54, 1.807) is 23.0 Å². The van der Waals surface area contributed by atoms with E-state index in [0.29, 0.717) is 23.8 Å². The lowest BCUT2D eigenvalue weighted by molar-refractivity contribution is 0.567. The molecule has 6 nitrogen and oxygen atoms in total. The summed E-state index contributed by atoms with van der Waals surface area (Å²) in [6.07, 6.45) is 5.68. The van der Waals surface area contributed by atoms with Crippen molar-refractivity contribution in [1.29, 1.82) is 0 Å². The average molecular weight is 352 g/mol. The fourth-order valence-electron chi connectivity index (χ4n) is 3.18. The third-order valence-corrected chi connectivity index (χ3v) is 4.58. The molecular formula is C19H21FN6. The monoisotopic (exact) mass is 352 g/mol. The van der Waals surface area contributed by atoms with Crippen LogP contribution in [0.1, 0.15) is 17.7 Å². The van der Waals surface area contributed by atoms with Crippen LogP contribution in [0.3, 0.4) is 0 Å². The normalized spacial score (nSPS) is 16.7. The van der Waals surface area contributed by atoms with Crippen molar-refractivity contribution in [2.45, 2.75) is 19.4 Å². The van der Waals surface area contributed by atoms with Gasteiger partial charge in [0, 0.05) is 11.8 Å². The third-order valence-electron chi connectivity index (χ3n) is 4.58. The zero-order valence-electron chi connectivity index (χ0n) is 14.4. The first kappa shape index (κ1) is 16.7. The van der Waals surface area contributed by atoms with Crippen molar-refractivity contribution < 1.29 is 4.39 Å². The van der Waals surface area contributed by atoms with Gasteiger partial charge in [0.15, 0.2) is 5.82 Å². The first-order valence-electron chi connectivity index (χ1n) is 8.82. The standard InChI is InChI=1S/C19H21FN6/c20-18-4-2-1-3-15(18)12-26-13-17(11-22-26)23-19-6-5-16(24-25-19)9-14-7-8-21-10-14/h1-6,11,13-14,21H,7-10,12H2,(H,23,25). The Hall–Kier alpha value is -2.80. The predicted molar refractivity (Wildman–Crippen MR) is 97.7 cm³/mol. The van der Waals surface area contributed by atoms with Crippen molar-refractivity contribution in [3.63, 3.8) is 0 Å². The highest BCUT2D eigenvalue weighted by Crippen LogP contribution is 2.17. The van der Waals surface area contributed by atoms with Gasteiger partial charge in [0.2, 0.25) is 0 Å². The van der Waals surface area contributed by atoms with Crippen LogP contribution in [0, 0.1) is 11.7 Å². The Bertz CT molecular complexity index is 854. The molecule has 1 aliphatic heterocycles. The number of hydrogen-bond acceptors (Lipinski definition) is 5. The summed E-state index contributed by atoms with van der Waals surface area (Å²) in [6, 6.07) is 10.7. The van der Waals surface area contributed by atoms with Crippen LogP contribution < -0.4 is 10.6 Å². The highest BCUT2D eigenvalue weighted by atomic mass is 19.1. The zero-order chi connectivity index (χ0) is 17.8. The molecule has 1 saturated heterocycles. The van der Waals surface area contributed by atoms with Gasteiger partial charge in [-0.1, -0.05) is 18.2 Å². The molecule has 0 amide bonds. The van der Waals surface area contributed by atoms with Crippen molar-refractivity contribution in [1.82, 2.24) is 25.3 Å². The summed E-state index contributed by atoms with van der Waals surface area (Å²) in [7, 11) is 0. The molecular weight excluding hydrogens is 331 g/mol. The van der Waals surface area contributed by atoms with Crippen LogP contribution >= 0.6 is 0 Å². The molecule has 0 aliphatic carbocycles. The van der Waals surface area contributed by atoms with Crippen LogP contribution in [0.25, 0.3) is 0 Å². The molecule has 1 unspecified atom stereocenters. The Kier molecular flexibility index (Phi) is 4.88. The molecule has 0 radical (unpaired) electrons. The van der Waals surface area contributed by atoms with E-state index in [1.165, 1.54) is 12.5 Å². The van der Waals surface area contributed by atoms with Crippen molar-refractivity contribution in [3.8, 4) is 0 Å². The van der Waals surface area contributed by atoms with Crippen molar-refractivity contribution in [3.05, 3.63) is 65.9 Å². The number of rotatable bonds is 6. The second-order valence-corrected chi connectivity index (χ2v) is 6.62. The molecule has 3 aromatic rings. The number of hydrogen-bond donors (Lipinski definition) is 2. The minimum Gasteiger partial charge on any atom is -0.336 e. The maximum atomic E-state index is 13.7. The Labute approximate surface area is 151 Å². The molecule has 134 valence electrons. The minimum absolute atomic E-state index is 0.226. The van der Waals surface area contributed by atoms with Crippen LogP contribution in [0.5, 0.6) is 0 Å². The van der Waals surface area contributed by atoms with Crippen molar-refractivity contribution in [2.24, 2.45) is 5.92 Å². The molecule has 1 aliphatic rings. The van der Waals surface area contributed by atoms with Gasteiger partial charge in [-0.2, -0.15) is 10.2 Å². The van der Waals surface area contributed by atoms with Gasteiger partial charge in [-0.25, -0.2) is 4.39 Å². The van der Waals surface area contributed by atoms with E-state index in [-0.39, 0.29) is 5.82 Å². The van der Waals surface area contributed by atoms with E-state index >= 15 is 0 Å². The molecule has 1 aromatic carbocycles. The summed E-state index contributed by atoms with van der Waals surface area (Å²) < 4.78 is 15.4. The Morgan fingerprint density at radius 2 is 2.12 bits per heavy atom. The number of halogens is 1. The van der Waals surface area contributed by atoms with Crippen LogP contribution in [-0.2, 0) is 13.0 Å². The van der Waals surface area contributed by atoms with Crippen molar-refractivity contribution in [2.75, 3.05) is 18.4 Å². The third kappa shape index (κ3) is 4.05. The van der Waals surface area contributed by atoms with E-state index in [0.717, 1.165) is 30.9 Å². The molecule has 26 heavy (non-hydrogen) atoms. The molecule has 1 fully saturated rings. The van der Waals surface area contributed by atoms with Gasteiger partial charge in [0.1, 0.15) is 5.82 Å². The highest BCUT2D eigenvalue weighted by Gasteiger charge is 2.15. The van der Waals surface area contributed by atoms with Crippen LogP contribution in [0.2, 0.25) is 0 Å². The lowest BCUT2D eigenvalue weighted by Crippen LogP contribution is -2.11. The average Bonchev–Trinajstić information content (AvgIpc) is 3.31. The lowest BCUT2D eigenvalue weighted by Gasteiger charge is -2.07. The number of benzene rings is 1. The summed E-state index contributed by atoms with van der Waals surface area (Å²) in [6.45, 7) is 2.53. The van der Waals surface area contributed by atoms with Crippen LogP contribution in [0.4, 0.5) is 15.9 Å². The Morgan fingerprint density at radius 1 is 1.19 bits per heavy atom. The predicted octanol–water partition coefficient (Wildman–Crippen LogP) is 2.76. The second kappa shape index (κ2) is 7.61. The van der Waals surface area contributed by atoms with Gasteiger partial charge in [0.05, 0.1) is 24.1 Å². The minimum atomic E-state index is -0.226. The first-order valence-corrected chi connectivity index (χ1v) is 8.82. The fraction of sp³-hybridized carbons (Fsp3) is 0.316. The maximum Gasteiger partial charge on any atom is 0.153 e. The number of nitrogens with zero attached hydrogens (tertiary/aromatic N) is 4. The Morgan fingerprint density at radius 3 is 2.88 bits per heavy atom. The first-order chi connectivity index (χ1) is 12.8. The molecule has 0 saturated carbocycles. The van der Waals surface area contributed by atoms with Gasteiger partial charge < -0.3 is 10.6 Å². The topological polar surface area (TPSA) is 67.7 Å². The molecule has 4 rings (SSSR count). The van der Waals surface area contributed by atoms with E-state index in [9.17, 15) is 4.39 Å². The molecule has 7 heteroatoms. The molecule has 0 bridgehead atoms.